The Morgan fingerprint density at radius 3 is 1.83 bits per heavy atom. The van der Waals surface area contributed by atoms with Crippen molar-refractivity contribution < 1.29 is 145 Å². The Bertz CT molecular complexity index is 510. The largest absolute Gasteiger partial charge is 1.00 e. The van der Waals surface area contributed by atoms with Crippen molar-refractivity contribution in [2.24, 2.45) is 0 Å². The molecular weight excluding hydrogens is 417 g/mol. The van der Waals surface area contributed by atoms with Crippen LogP contribution in [-0.4, -0.2) is 63.5 Å². The molecule has 0 heterocycles. The molecule has 0 saturated heterocycles. The first-order valence-corrected chi connectivity index (χ1v) is 8.26. The van der Waals surface area contributed by atoms with Crippen LogP contribution in [0.15, 0.2) is 0 Å². The van der Waals surface area contributed by atoms with Crippen LogP contribution < -0.4 is 93.9 Å². The summed E-state index contributed by atoms with van der Waals surface area (Å²) in [7, 11) is -10.9. The smallest absolute Gasteiger partial charge is 0.748 e. The Kier molecular flexibility index (Phi) is 20.4. The molecular formula is C5H9Na3O12S3. The molecule has 0 saturated carbocycles. The van der Waals surface area contributed by atoms with Crippen molar-refractivity contribution in [3.8, 4) is 0 Å². The van der Waals surface area contributed by atoms with Gasteiger partial charge in [0.25, 0.3) is 0 Å². The molecule has 0 radical (unpaired) electrons. The Labute approximate surface area is 202 Å². The van der Waals surface area contributed by atoms with Crippen molar-refractivity contribution in [1.82, 2.24) is 0 Å². The predicted molar refractivity (Wildman–Crippen MR) is 55.6 cm³/mol. The van der Waals surface area contributed by atoms with Crippen LogP contribution in [0.1, 0.15) is 6.42 Å². The van der Waals surface area contributed by atoms with E-state index in [0.29, 0.717) is 0 Å². The molecule has 122 valence electrons. The van der Waals surface area contributed by atoms with Gasteiger partial charge in [-0.25, -0.2) is 16.8 Å². The number of aliphatic hydroxyl groups is 3. The zero-order valence-corrected chi connectivity index (χ0v) is 20.8. The van der Waals surface area contributed by atoms with E-state index in [1.54, 1.807) is 0 Å². The Morgan fingerprint density at radius 2 is 1.52 bits per heavy atom. The molecule has 0 aromatic carbocycles. The standard InChI is InChI=1S/C5H12O12S3.3Na/c6-3(18-17-16-9)1-5(8,2-19(10,11)12)4(7)20(13,14)15;;;/h3-4,6-9H,1-2H2,(H,10,11,12)(H,13,14,15);;;/q;3*+1/p-3. The van der Waals surface area contributed by atoms with E-state index in [1.807, 2.05) is 0 Å². The minimum Gasteiger partial charge on any atom is -0.748 e. The molecule has 0 aliphatic heterocycles. The van der Waals surface area contributed by atoms with Crippen LogP contribution in [0.3, 0.4) is 0 Å². The van der Waals surface area contributed by atoms with Gasteiger partial charge < -0.3 is 29.7 Å². The average molecular weight is 426 g/mol. The van der Waals surface area contributed by atoms with Crippen LogP contribution in [0.4, 0.5) is 0 Å². The van der Waals surface area contributed by atoms with E-state index in [1.165, 1.54) is 0 Å². The maximum atomic E-state index is 10.6. The second-order valence-electron chi connectivity index (χ2n) is 3.54. The first-order valence-electron chi connectivity index (χ1n) is 4.40. The summed E-state index contributed by atoms with van der Waals surface area (Å²) in [5, 5.41) is 40.2. The summed E-state index contributed by atoms with van der Waals surface area (Å²) in [5.74, 6) is -1.88. The van der Waals surface area contributed by atoms with Crippen molar-refractivity contribution in [1.29, 1.82) is 0 Å². The summed E-state index contributed by atoms with van der Waals surface area (Å²) < 4.78 is 67.1. The number of aliphatic hydroxyl groups excluding tert-OH is 2. The van der Waals surface area contributed by atoms with Crippen LogP contribution in [-0.2, 0) is 29.6 Å². The van der Waals surface area contributed by atoms with Crippen molar-refractivity contribution in [2.45, 2.75) is 22.9 Å². The fourth-order valence-corrected chi connectivity index (χ4v) is 3.39. The Morgan fingerprint density at radius 1 is 1.09 bits per heavy atom. The first kappa shape index (κ1) is 33.5. The summed E-state index contributed by atoms with van der Waals surface area (Å²) in [6.45, 7) is 0. The van der Waals surface area contributed by atoms with Crippen molar-refractivity contribution >= 4 is 32.3 Å². The van der Waals surface area contributed by atoms with E-state index >= 15 is 0 Å². The topological polar surface area (TPSA) is 217 Å². The molecule has 0 aromatic rings. The molecule has 12 nitrogen and oxygen atoms in total. The maximum absolute atomic E-state index is 10.6. The normalized spacial score (nSPS) is 16.8. The molecule has 0 spiro atoms. The molecule has 0 aromatic heterocycles. The zero-order chi connectivity index (χ0) is 16.2. The van der Waals surface area contributed by atoms with Gasteiger partial charge in [-0.15, -0.1) is 0 Å². The first-order chi connectivity index (χ1) is 8.82. The summed E-state index contributed by atoms with van der Waals surface area (Å²) in [6.07, 6.45) is -1.30. The monoisotopic (exact) mass is 426 g/mol. The van der Waals surface area contributed by atoms with E-state index in [0.717, 1.165) is 0 Å². The van der Waals surface area contributed by atoms with Crippen molar-refractivity contribution in [3.63, 3.8) is 0 Å². The molecule has 3 unspecified atom stereocenters. The number of rotatable bonds is 9. The number of hydrogen-bond acceptors (Lipinski definition) is 13. The second-order valence-corrected chi connectivity index (χ2v) is 7.25. The predicted octanol–water partition coefficient (Wildman–Crippen LogP) is -13.3. The minimum atomic E-state index is -5.60. The van der Waals surface area contributed by atoms with Gasteiger partial charge in [-0.2, -0.15) is 4.33 Å². The van der Waals surface area contributed by atoms with Crippen molar-refractivity contribution in [3.05, 3.63) is 0 Å². The molecule has 3 atom stereocenters. The summed E-state index contributed by atoms with van der Waals surface area (Å²) in [6, 6.07) is 0. The summed E-state index contributed by atoms with van der Waals surface area (Å²) in [4.78, 5) is 0. The minimum absolute atomic E-state index is 0. The fourth-order valence-electron chi connectivity index (χ4n) is 1.20. The van der Waals surface area contributed by atoms with Crippen LogP contribution in [0, 0.1) is 0 Å². The Hall–Kier alpha value is 2.93. The Balaban J connectivity index is -0.000000602. The van der Waals surface area contributed by atoms with Gasteiger partial charge in [0.05, 0.1) is 27.9 Å². The molecule has 0 aliphatic rings. The van der Waals surface area contributed by atoms with Gasteiger partial charge in [-0.1, -0.05) is 0 Å². The zero-order valence-electron chi connectivity index (χ0n) is 12.3. The average Bonchev–Trinajstić information content (AvgIpc) is 2.21. The third-order valence-electron chi connectivity index (χ3n) is 1.87. The molecule has 18 heteroatoms. The second kappa shape index (κ2) is 14.0. The summed E-state index contributed by atoms with van der Waals surface area (Å²) in [5.41, 5.74) is -8.51. The van der Waals surface area contributed by atoms with Gasteiger partial charge in [-0.05, 0) is 0 Å². The molecule has 3 N–H and O–H groups in total. The van der Waals surface area contributed by atoms with Gasteiger partial charge in [-0.3, -0.25) is 5.04 Å². The SMILES string of the molecule is O=S(=O)([O-])CC(O)(CC(O)SOO[O-])C(O)S(=O)(=O)[O-].[Na+].[Na+].[Na+]. The summed E-state index contributed by atoms with van der Waals surface area (Å²) >= 11 is -0.187. The van der Waals surface area contributed by atoms with Gasteiger partial charge in [0.1, 0.15) is 21.2 Å². The van der Waals surface area contributed by atoms with E-state index in [2.05, 4.69) is 9.37 Å². The van der Waals surface area contributed by atoms with Gasteiger partial charge >= 0.3 is 88.7 Å². The quantitative estimate of drug-likeness (QED) is 0.0780. The van der Waals surface area contributed by atoms with E-state index in [-0.39, 0.29) is 101 Å². The van der Waals surface area contributed by atoms with Crippen LogP contribution in [0.25, 0.3) is 0 Å². The number of hydrogen-bond donors (Lipinski definition) is 3. The molecule has 0 aliphatic carbocycles. The van der Waals surface area contributed by atoms with E-state index < -0.39 is 48.9 Å². The van der Waals surface area contributed by atoms with E-state index in [9.17, 15) is 41.4 Å². The molecule has 0 rings (SSSR count). The van der Waals surface area contributed by atoms with Crippen LogP contribution >= 0.6 is 12.0 Å². The van der Waals surface area contributed by atoms with Gasteiger partial charge in [0, 0.05) is 6.42 Å². The third kappa shape index (κ3) is 14.6. The molecule has 0 bridgehead atoms. The van der Waals surface area contributed by atoms with Crippen LogP contribution in [0.2, 0.25) is 0 Å². The molecule has 23 heavy (non-hydrogen) atoms. The van der Waals surface area contributed by atoms with E-state index in [4.69, 9.17) is 5.11 Å². The van der Waals surface area contributed by atoms with Gasteiger partial charge in [0.2, 0.25) is 0 Å². The maximum Gasteiger partial charge on any atom is 1.00 e. The van der Waals surface area contributed by atoms with Crippen molar-refractivity contribution in [2.75, 3.05) is 5.75 Å². The van der Waals surface area contributed by atoms with Crippen LogP contribution in [0.5, 0.6) is 0 Å². The fraction of sp³-hybridized carbons (Fsp3) is 1.00. The third-order valence-corrected chi connectivity index (χ3v) is 4.23. The van der Waals surface area contributed by atoms with Gasteiger partial charge in [0.15, 0.2) is 5.44 Å². The molecule has 0 amide bonds. The molecule has 0 fully saturated rings.